The highest BCUT2D eigenvalue weighted by Gasteiger charge is 2.17. The van der Waals surface area contributed by atoms with Crippen molar-refractivity contribution in [3.8, 4) is 5.75 Å². The van der Waals surface area contributed by atoms with Crippen LogP contribution in [0.4, 0.5) is 0 Å². The van der Waals surface area contributed by atoms with Crippen LogP contribution in [0, 0.1) is 0 Å². The summed E-state index contributed by atoms with van der Waals surface area (Å²) in [6.07, 6.45) is 1.45. The van der Waals surface area contributed by atoms with E-state index in [1.54, 1.807) is 42.5 Å². The van der Waals surface area contributed by atoms with Crippen LogP contribution in [0.25, 0.3) is 0 Å². The molecule has 0 heterocycles. The van der Waals surface area contributed by atoms with Gasteiger partial charge in [0.2, 0.25) is 0 Å². The summed E-state index contributed by atoms with van der Waals surface area (Å²) in [4.78, 5) is 0.0798. The molecule has 3 aromatic rings. The predicted octanol–water partition coefficient (Wildman–Crippen LogP) is 3.45. The predicted molar refractivity (Wildman–Crippen MR) is 117 cm³/mol. The SMILES string of the molecule is O=S(=O)(Oc1ccccc1C=NNC(=S)NCc1ccccc1)c1ccccc1. The Labute approximate surface area is 175 Å². The Morgan fingerprint density at radius 2 is 1.55 bits per heavy atom. The molecule has 6 nitrogen and oxygen atoms in total. The lowest BCUT2D eigenvalue weighted by Gasteiger charge is -2.09. The van der Waals surface area contributed by atoms with Crippen LogP contribution in [0.15, 0.2) is 94.9 Å². The first kappa shape index (κ1) is 20.5. The molecule has 0 radical (unpaired) electrons. The maximum absolute atomic E-state index is 12.4. The average Bonchev–Trinajstić information content (AvgIpc) is 2.75. The fraction of sp³-hybridized carbons (Fsp3) is 0.0476. The molecule has 0 bridgehead atoms. The summed E-state index contributed by atoms with van der Waals surface area (Å²) in [6.45, 7) is 0.567. The minimum atomic E-state index is -3.94. The van der Waals surface area contributed by atoms with Crippen LogP contribution in [0.5, 0.6) is 5.75 Å². The van der Waals surface area contributed by atoms with Gasteiger partial charge in [0.1, 0.15) is 4.90 Å². The summed E-state index contributed by atoms with van der Waals surface area (Å²) in [6, 6.07) is 24.5. The van der Waals surface area contributed by atoms with Crippen molar-refractivity contribution in [2.75, 3.05) is 0 Å². The zero-order valence-electron chi connectivity index (χ0n) is 15.4. The van der Waals surface area contributed by atoms with Gasteiger partial charge < -0.3 is 9.50 Å². The number of hydrogen-bond acceptors (Lipinski definition) is 5. The van der Waals surface area contributed by atoms with E-state index in [0.717, 1.165) is 5.56 Å². The van der Waals surface area contributed by atoms with E-state index < -0.39 is 10.1 Å². The van der Waals surface area contributed by atoms with Crippen molar-refractivity contribution in [2.45, 2.75) is 11.4 Å². The molecular formula is C21H19N3O3S2. The Balaban J connectivity index is 1.62. The molecule has 3 rings (SSSR count). The van der Waals surface area contributed by atoms with E-state index in [1.165, 1.54) is 18.3 Å². The zero-order chi connectivity index (χ0) is 20.5. The first-order chi connectivity index (χ1) is 14.0. The van der Waals surface area contributed by atoms with Gasteiger partial charge in [-0.1, -0.05) is 60.7 Å². The normalized spacial score (nSPS) is 11.2. The van der Waals surface area contributed by atoms with E-state index in [2.05, 4.69) is 15.8 Å². The van der Waals surface area contributed by atoms with Gasteiger partial charge in [0.25, 0.3) is 0 Å². The number of nitrogens with zero attached hydrogens (tertiary/aromatic N) is 1. The molecular weight excluding hydrogens is 406 g/mol. The quantitative estimate of drug-likeness (QED) is 0.261. The molecule has 0 aromatic heterocycles. The molecule has 8 heteroatoms. The Morgan fingerprint density at radius 3 is 2.28 bits per heavy atom. The molecule has 0 saturated carbocycles. The van der Waals surface area contributed by atoms with Gasteiger partial charge in [-0.3, -0.25) is 5.43 Å². The second kappa shape index (κ2) is 9.81. The smallest absolute Gasteiger partial charge is 0.339 e. The fourth-order valence-electron chi connectivity index (χ4n) is 2.39. The van der Waals surface area contributed by atoms with Crippen molar-refractivity contribution in [2.24, 2.45) is 5.10 Å². The molecule has 0 aliphatic rings. The third-order valence-electron chi connectivity index (χ3n) is 3.82. The lowest BCUT2D eigenvalue weighted by Crippen LogP contribution is -2.31. The van der Waals surface area contributed by atoms with E-state index in [-0.39, 0.29) is 10.6 Å². The standard InChI is InChI=1S/C21H19N3O3S2/c25-29(26,19-12-5-2-6-13-19)27-20-14-8-7-11-18(20)16-23-24-21(28)22-15-17-9-3-1-4-10-17/h1-14,16H,15H2,(H2,22,24,28). The topological polar surface area (TPSA) is 79.8 Å². The molecule has 3 aromatic carbocycles. The number of nitrogens with one attached hydrogen (secondary N) is 2. The van der Waals surface area contributed by atoms with Gasteiger partial charge in [0.15, 0.2) is 10.9 Å². The third-order valence-corrected chi connectivity index (χ3v) is 5.30. The number of para-hydroxylation sites is 1. The first-order valence-corrected chi connectivity index (χ1v) is 10.6. The first-order valence-electron chi connectivity index (χ1n) is 8.74. The highest BCUT2D eigenvalue weighted by molar-refractivity contribution is 7.87. The van der Waals surface area contributed by atoms with Gasteiger partial charge in [-0.05, 0) is 42.0 Å². The third kappa shape index (κ3) is 6.13. The molecule has 0 atom stereocenters. The maximum Gasteiger partial charge on any atom is 0.339 e. The van der Waals surface area contributed by atoms with E-state index >= 15 is 0 Å². The maximum atomic E-state index is 12.4. The van der Waals surface area contributed by atoms with Crippen LogP contribution in [-0.2, 0) is 16.7 Å². The number of thiocarbonyl (C=S) groups is 1. The zero-order valence-corrected chi connectivity index (χ0v) is 17.0. The lowest BCUT2D eigenvalue weighted by atomic mass is 10.2. The molecule has 0 fully saturated rings. The van der Waals surface area contributed by atoms with Crippen molar-refractivity contribution >= 4 is 33.7 Å². The summed E-state index contributed by atoms with van der Waals surface area (Å²) in [7, 11) is -3.94. The highest BCUT2D eigenvalue weighted by atomic mass is 32.2. The van der Waals surface area contributed by atoms with E-state index in [0.29, 0.717) is 17.2 Å². The molecule has 29 heavy (non-hydrogen) atoms. The van der Waals surface area contributed by atoms with Gasteiger partial charge in [-0.2, -0.15) is 13.5 Å². The van der Waals surface area contributed by atoms with Gasteiger partial charge in [0, 0.05) is 12.1 Å². The second-order valence-electron chi connectivity index (χ2n) is 5.93. The van der Waals surface area contributed by atoms with Crippen LogP contribution in [0.2, 0.25) is 0 Å². The van der Waals surface area contributed by atoms with Crippen molar-refractivity contribution in [1.29, 1.82) is 0 Å². The molecule has 0 unspecified atom stereocenters. The van der Waals surface area contributed by atoms with Crippen molar-refractivity contribution in [3.63, 3.8) is 0 Å². The van der Waals surface area contributed by atoms with Gasteiger partial charge in [-0.25, -0.2) is 0 Å². The van der Waals surface area contributed by atoms with E-state index in [4.69, 9.17) is 16.4 Å². The molecule has 0 saturated heterocycles. The van der Waals surface area contributed by atoms with Gasteiger partial charge in [-0.15, -0.1) is 0 Å². The van der Waals surface area contributed by atoms with Crippen LogP contribution < -0.4 is 14.9 Å². The van der Waals surface area contributed by atoms with Gasteiger partial charge >= 0.3 is 10.1 Å². The van der Waals surface area contributed by atoms with Crippen LogP contribution in [0.3, 0.4) is 0 Å². The minimum Gasteiger partial charge on any atom is -0.378 e. The molecule has 0 spiro atoms. The summed E-state index contributed by atoms with van der Waals surface area (Å²) in [5.74, 6) is 0.171. The van der Waals surface area contributed by atoms with Crippen molar-refractivity contribution in [1.82, 2.24) is 10.7 Å². The Bertz CT molecular complexity index is 1090. The summed E-state index contributed by atoms with van der Waals surface area (Å²) in [5.41, 5.74) is 4.29. The molecule has 0 amide bonds. The Hall–Kier alpha value is -3.23. The largest absolute Gasteiger partial charge is 0.378 e. The fourth-order valence-corrected chi connectivity index (χ4v) is 3.49. The van der Waals surface area contributed by atoms with Crippen molar-refractivity contribution < 1.29 is 12.6 Å². The summed E-state index contributed by atoms with van der Waals surface area (Å²) >= 11 is 5.19. The number of hydrogen-bond donors (Lipinski definition) is 2. The van der Waals surface area contributed by atoms with Crippen LogP contribution in [-0.4, -0.2) is 19.7 Å². The minimum absolute atomic E-state index is 0.0798. The van der Waals surface area contributed by atoms with E-state index in [9.17, 15) is 8.42 Å². The lowest BCUT2D eigenvalue weighted by molar-refractivity contribution is 0.485. The monoisotopic (exact) mass is 425 g/mol. The highest BCUT2D eigenvalue weighted by Crippen LogP contribution is 2.21. The Morgan fingerprint density at radius 1 is 0.931 bits per heavy atom. The van der Waals surface area contributed by atoms with Crippen LogP contribution >= 0.6 is 12.2 Å². The summed E-state index contributed by atoms with van der Waals surface area (Å²) < 4.78 is 30.2. The molecule has 2 N–H and O–H groups in total. The number of rotatable bonds is 7. The average molecular weight is 426 g/mol. The van der Waals surface area contributed by atoms with Crippen LogP contribution in [0.1, 0.15) is 11.1 Å². The van der Waals surface area contributed by atoms with Crippen molar-refractivity contribution in [3.05, 3.63) is 96.1 Å². The van der Waals surface area contributed by atoms with Gasteiger partial charge in [0.05, 0.1) is 6.21 Å². The second-order valence-corrected chi connectivity index (χ2v) is 7.88. The summed E-state index contributed by atoms with van der Waals surface area (Å²) in [5, 5.41) is 7.45. The Kier molecular flexibility index (Phi) is 6.94. The number of benzene rings is 3. The molecule has 0 aliphatic heterocycles. The number of hydrazone groups is 1. The molecule has 148 valence electrons. The van der Waals surface area contributed by atoms with E-state index in [1.807, 2.05) is 30.3 Å². The molecule has 0 aliphatic carbocycles.